The molecule has 15 heavy (non-hydrogen) atoms. The topological polar surface area (TPSA) is 55.4 Å². The minimum Gasteiger partial charge on any atom is -0.242 e. The van der Waals surface area contributed by atoms with Crippen LogP contribution in [0.1, 0.15) is 41.0 Å². The van der Waals surface area contributed by atoms with E-state index in [0.717, 1.165) is 0 Å². The Hall–Kier alpha value is -0.870. The summed E-state index contributed by atoms with van der Waals surface area (Å²) in [5, 5.41) is 10.5. The number of carbonyl (C=O) groups excluding carboxylic acids is 1. The maximum absolute atomic E-state index is 10.5. The van der Waals surface area contributed by atoms with Crippen molar-refractivity contribution in [2.45, 2.75) is 52.2 Å². The molecule has 4 heteroatoms. The van der Waals surface area contributed by atoms with Gasteiger partial charge in [-0.3, -0.25) is 0 Å². The molecule has 87 valence electrons. The fourth-order valence-electron chi connectivity index (χ4n) is 0.853. The Morgan fingerprint density at radius 3 is 1.93 bits per heavy atom. The summed E-state index contributed by atoms with van der Waals surface area (Å²) in [5.41, 5.74) is -1.16. The standard InChI is InChI=1S/C11H19O4/c1-8(9(12)13)7-11(5,6)15-14-10(2,3)4/h1,7H2,2-6H3. The summed E-state index contributed by atoms with van der Waals surface area (Å²) in [5.74, 6) is -1.26. The second-order valence-corrected chi connectivity index (χ2v) is 5.11. The van der Waals surface area contributed by atoms with Crippen LogP contribution in [0.3, 0.4) is 0 Å². The quantitative estimate of drug-likeness (QED) is 0.402. The molecule has 0 aromatic carbocycles. The highest BCUT2D eigenvalue weighted by molar-refractivity contribution is 5.85. The van der Waals surface area contributed by atoms with Crippen molar-refractivity contribution in [1.82, 2.24) is 0 Å². The van der Waals surface area contributed by atoms with Gasteiger partial charge in [0.05, 0.1) is 5.60 Å². The summed E-state index contributed by atoms with van der Waals surface area (Å²) in [6, 6.07) is 0. The Labute approximate surface area is 90.8 Å². The van der Waals surface area contributed by atoms with E-state index in [-0.39, 0.29) is 12.0 Å². The van der Waals surface area contributed by atoms with Gasteiger partial charge in [-0.15, -0.1) is 0 Å². The zero-order chi connectivity index (χ0) is 12.3. The molecule has 0 aliphatic carbocycles. The third-order valence-electron chi connectivity index (χ3n) is 1.45. The van der Waals surface area contributed by atoms with Gasteiger partial charge in [0.25, 0.3) is 0 Å². The lowest BCUT2D eigenvalue weighted by atomic mass is 10.00. The molecule has 1 radical (unpaired) electrons. The summed E-state index contributed by atoms with van der Waals surface area (Å²) >= 11 is 0. The highest BCUT2D eigenvalue weighted by Crippen LogP contribution is 2.22. The molecule has 0 aliphatic heterocycles. The first kappa shape index (κ1) is 14.1. The lowest BCUT2D eigenvalue weighted by Crippen LogP contribution is -2.31. The highest BCUT2D eigenvalue weighted by atomic mass is 17.2. The molecule has 4 nitrogen and oxygen atoms in total. The van der Waals surface area contributed by atoms with Crippen molar-refractivity contribution in [2.24, 2.45) is 0 Å². The van der Waals surface area contributed by atoms with Gasteiger partial charge in [-0.1, -0.05) is 6.58 Å². The average Bonchev–Trinajstić information content (AvgIpc) is 1.99. The minimum absolute atomic E-state index is 0.00231. The second-order valence-electron chi connectivity index (χ2n) is 5.11. The third-order valence-corrected chi connectivity index (χ3v) is 1.45. The predicted molar refractivity (Wildman–Crippen MR) is 55.5 cm³/mol. The Morgan fingerprint density at radius 2 is 1.60 bits per heavy atom. The molecule has 0 atom stereocenters. The maximum atomic E-state index is 10.5. The molecule has 0 rings (SSSR count). The number of hydrogen-bond donors (Lipinski definition) is 0. The molecule has 0 amide bonds. The van der Waals surface area contributed by atoms with E-state index >= 15 is 0 Å². The highest BCUT2D eigenvalue weighted by Gasteiger charge is 2.26. The van der Waals surface area contributed by atoms with Crippen LogP contribution in [0.2, 0.25) is 0 Å². The van der Waals surface area contributed by atoms with E-state index in [1.54, 1.807) is 13.8 Å². The molecule has 0 aliphatic rings. The van der Waals surface area contributed by atoms with Crippen molar-refractivity contribution in [1.29, 1.82) is 0 Å². The first-order chi connectivity index (χ1) is 6.53. The minimum atomic E-state index is -1.26. The van der Waals surface area contributed by atoms with Gasteiger partial charge in [0.2, 0.25) is 0 Å². The van der Waals surface area contributed by atoms with E-state index in [4.69, 9.17) is 9.78 Å². The van der Waals surface area contributed by atoms with Crippen molar-refractivity contribution in [3.63, 3.8) is 0 Å². The Balaban J connectivity index is 4.19. The van der Waals surface area contributed by atoms with Crippen LogP contribution >= 0.6 is 0 Å². The normalized spacial score (nSPS) is 12.6. The van der Waals surface area contributed by atoms with Crippen LogP contribution in [-0.2, 0) is 19.7 Å². The van der Waals surface area contributed by atoms with E-state index in [1.165, 1.54) is 0 Å². The van der Waals surface area contributed by atoms with Gasteiger partial charge in [-0.25, -0.2) is 19.7 Å². The molecular formula is C11H19O4. The number of carbonyl (C=O) groups is 1. The van der Waals surface area contributed by atoms with Gasteiger partial charge in [0.15, 0.2) is 0 Å². The first-order valence-electron chi connectivity index (χ1n) is 4.79. The van der Waals surface area contributed by atoms with Gasteiger partial charge in [-0.05, 0) is 34.6 Å². The van der Waals surface area contributed by atoms with E-state index < -0.39 is 17.2 Å². The molecule has 0 N–H and O–H groups in total. The van der Waals surface area contributed by atoms with Gasteiger partial charge in [0.1, 0.15) is 5.60 Å². The van der Waals surface area contributed by atoms with Crippen molar-refractivity contribution in [2.75, 3.05) is 0 Å². The zero-order valence-electron chi connectivity index (χ0n) is 10.0. The Bertz CT molecular complexity index is 248. The SMILES string of the molecule is C=C(CC(C)(C)OOC(C)(C)C)C([O])=O. The lowest BCUT2D eigenvalue weighted by Gasteiger charge is -2.28. The smallest absolute Gasteiger partial charge is 0.242 e. The van der Waals surface area contributed by atoms with Crippen LogP contribution < -0.4 is 0 Å². The average molecular weight is 215 g/mol. The van der Waals surface area contributed by atoms with Crippen molar-refractivity contribution in [3.05, 3.63) is 12.2 Å². The lowest BCUT2D eigenvalue weighted by molar-refractivity contribution is -0.396. The second kappa shape index (κ2) is 4.77. The molecule has 0 aromatic rings. The van der Waals surface area contributed by atoms with Crippen LogP contribution in [0.4, 0.5) is 0 Å². The predicted octanol–water partition coefficient (Wildman–Crippen LogP) is 2.42. The summed E-state index contributed by atoms with van der Waals surface area (Å²) in [6.45, 7) is 12.4. The van der Waals surface area contributed by atoms with E-state index in [1.807, 2.05) is 20.8 Å². The fraction of sp³-hybridized carbons (Fsp3) is 0.727. The Kier molecular flexibility index (Phi) is 4.49. The monoisotopic (exact) mass is 215 g/mol. The van der Waals surface area contributed by atoms with Gasteiger partial charge < -0.3 is 0 Å². The molecule has 0 heterocycles. The molecule has 0 saturated heterocycles. The van der Waals surface area contributed by atoms with E-state index in [2.05, 4.69) is 6.58 Å². The fourth-order valence-corrected chi connectivity index (χ4v) is 0.853. The largest absolute Gasteiger partial charge is 0.381 e. The maximum Gasteiger partial charge on any atom is 0.381 e. The van der Waals surface area contributed by atoms with E-state index in [9.17, 15) is 9.90 Å². The Morgan fingerprint density at radius 1 is 1.13 bits per heavy atom. The molecule has 0 spiro atoms. The van der Waals surface area contributed by atoms with E-state index in [0.29, 0.717) is 0 Å². The van der Waals surface area contributed by atoms with Gasteiger partial charge in [0, 0.05) is 12.0 Å². The van der Waals surface area contributed by atoms with Crippen LogP contribution in [-0.4, -0.2) is 17.2 Å². The molecule has 0 unspecified atom stereocenters. The molecular weight excluding hydrogens is 196 g/mol. The summed E-state index contributed by atoms with van der Waals surface area (Å²) in [7, 11) is 0. The van der Waals surface area contributed by atoms with Gasteiger partial charge in [-0.2, -0.15) is 0 Å². The molecule has 0 aromatic heterocycles. The van der Waals surface area contributed by atoms with Crippen molar-refractivity contribution >= 4 is 5.97 Å². The van der Waals surface area contributed by atoms with Crippen molar-refractivity contribution in [3.8, 4) is 0 Å². The summed E-state index contributed by atoms with van der Waals surface area (Å²) < 4.78 is 0. The first-order valence-corrected chi connectivity index (χ1v) is 4.79. The van der Waals surface area contributed by atoms with Crippen LogP contribution in [0, 0.1) is 0 Å². The number of hydrogen-bond acceptors (Lipinski definition) is 3. The third kappa shape index (κ3) is 7.11. The van der Waals surface area contributed by atoms with Gasteiger partial charge >= 0.3 is 5.97 Å². The van der Waals surface area contributed by atoms with Crippen LogP contribution in [0.5, 0.6) is 0 Å². The summed E-state index contributed by atoms with van der Waals surface area (Å²) in [4.78, 5) is 20.8. The molecule has 0 bridgehead atoms. The summed E-state index contributed by atoms with van der Waals surface area (Å²) in [6.07, 6.45) is 0.158. The molecule has 0 fully saturated rings. The van der Waals surface area contributed by atoms with Crippen molar-refractivity contribution < 1.29 is 19.7 Å². The number of rotatable bonds is 5. The molecule has 0 saturated carbocycles. The van der Waals surface area contributed by atoms with Crippen LogP contribution in [0.15, 0.2) is 12.2 Å². The van der Waals surface area contributed by atoms with Crippen LogP contribution in [0.25, 0.3) is 0 Å². The zero-order valence-corrected chi connectivity index (χ0v) is 10.0.